The summed E-state index contributed by atoms with van der Waals surface area (Å²) in [5.41, 5.74) is 0.135. The average molecular weight is 343 g/mol. The summed E-state index contributed by atoms with van der Waals surface area (Å²) in [4.78, 5) is 0. The first-order valence-electron chi connectivity index (χ1n) is 7.29. The largest absolute Gasteiger partial charge is 0.410 e. The van der Waals surface area contributed by atoms with Crippen LogP contribution in [0.25, 0.3) is 0 Å². The van der Waals surface area contributed by atoms with Crippen LogP contribution in [0.15, 0.2) is 35.5 Å². The minimum Gasteiger partial charge on any atom is -0.410 e. The minimum atomic E-state index is -1.44. The number of oxime groups is 1. The quantitative estimate of drug-likeness (QED) is 0.220. The second-order valence-corrected chi connectivity index (χ2v) is 6.47. The van der Waals surface area contributed by atoms with E-state index in [1.165, 1.54) is 0 Å². The molecule has 1 aromatic rings. The number of nitrogens with zero attached hydrogens (tertiary/aromatic N) is 1. The van der Waals surface area contributed by atoms with E-state index in [-0.39, 0.29) is 0 Å². The number of aryl methyl sites for hydroxylation is 1. The van der Waals surface area contributed by atoms with Gasteiger partial charge in [-0.3, -0.25) is 0 Å². The summed E-state index contributed by atoms with van der Waals surface area (Å²) in [5.74, 6) is 0. The molecule has 0 spiro atoms. The standard InChI is InChI=1S/C15H21NO6S/c17-8-10-12(18)13(19)14(20)15(22-10)23-11(16-21)7-6-9-4-2-1-3-5-9/h1-5,10,12-15,17-21H,6-8H2. The first-order valence-corrected chi connectivity index (χ1v) is 8.16. The summed E-state index contributed by atoms with van der Waals surface area (Å²) < 4.78 is 5.38. The summed E-state index contributed by atoms with van der Waals surface area (Å²) in [6.07, 6.45) is -4.09. The van der Waals surface area contributed by atoms with Gasteiger partial charge in [0.05, 0.1) is 6.61 Å². The van der Waals surface area contributed by atoms with Crippen molar-refractivity contribution < 1.29 is 30.4 Å². The molecule has 1 heterocycles. The van der Waals surface area contributed by atoms with Gasteiger partial charge < -0.3 is 30.4 Å². The van der Waals surface area contributed by atoms with Gasteiger partial charge in [-0.2, -0.15) is 0 Å². The van der Waals surface area contributed by atoms with Gasteiger partial charge in [-0.1, -0.05) is 47.2 Å². The van der Waals surface area contributed by atoms with Crippen molar-refractivity contribution in [3.63, 3.8) is 0 Å². The second-order valence-electron chi connectivity index (χ2n) is 5.29. The number of benzene rings is 1. The molecule has 128 valence electrons. The van der Waals surface area contributed by atoms with Crippen molar-refractivity contribution in [2.45, 2.75) is 42.7 Å². The number of aliphatic hydroxyl groups is 4. The highest BCUT2D eigenvalue weighted by Gasteiger charge is 2.44. The Kier molecular flexibility index (Phi) is 6.82. The van der Waals surface area contributed by atoms with Gasteiger partial charge in [-0.15, -0.1) is 0 Å². The summed E-state index contributed by atoms with van der Waals surface area (Å²) in [6.45, 7) is -0.488. The maximum atomic E-state index is 9.98. The van der Waals surface area contributed by atoms with Crippen LogP contribution in [0, 0.1) is 0 Å². The van der Waals surface area contributed by atoms with Crippen LogP contribution in [0.1, 0.15) is 12.0 Å². The number of thioether (sulfide) groups is 1. The molecule has 5 atom stereocenters. The summed E-state index contributed by atoms with van der Waals surface area (Å²) in [6, 6.07) is 9.64. The highest BCUT2D eigenvalue weighted by molar-refractivity contribution is 8.14. The van der Waals surface area contributed by atoms with Gasteiger partial charge in [0.25, 0.3) is 0 Å². The van der Waals surface area contributed by atoms with Gasteiger partial charge >= 0.3 is 0 Å². The van der Waals surface area contributed by atoms with E-state index in [0.717, 1.165) is 17.3 Å². The molecular weight excluding hydrogens is 322 g/mol. The monoisotopic (exact) mass is 343 g/mol. The summed E-state index contributed by atoms with van der Waals surface area (Å²) >= 11 is 0.963. The third-order valence-electron chi connectivity index (χ3n) is 3.68. The Labute approximate surface area is 138 Å². The van der Waals surface area contributed by atoms with Crippen molar-refractivity contribution in [2.75, 3.05) is 6.61 Å². The molecule has 7 nitrogen and oxygen atoms in total. The molecule has 1 saturated heterocycles. The van der Waals surface area contributed by atoms with Gasteiger partial charge in [0.1, 0.15) is 34.9 Å². The summed E-state index contributed by atoms with van der Waals surface area (Å²) in [7, 11) is 0. The van der Waals surface area contributed by atoms with Crippen LogP contribution < -0.4 is 0 Å². The number of hydrogen-bond donors (Lipinski definition) is 5. The van der Waals surface area contributed by atoms with E-state index in [1.807, 2.05) is 30.3 Å². The minimum absolute atomic E-state index is 0.332. The van der Waals surface area contributed by atoms with E-state index >= 15 is 0 Å². The van der Waals surface area contributed by atoms with E-state index in [4.69, 9.17) is 15.1 Å². The third-order valence-corrected chi connectivity index (χ3v) is 4.86. The Morgan fingerprint density at radius 1 is 1.09 bits per heavy atom. The molecule has 0 amide bonds. The van der Waals surface area contributed by atoms with E-state index < -0.39 is 36.5 Å². The zero-order valence-electron chi connectivity index (χ0n) is 12.4. The Hall–Kier alpha value is -1.16. The first kappa shape index (κ1) is 18.2. The highest BCUT2D eigenvalue weighted by Crippen LogP contribution is 2.30. The van der Waals surface area contributed by atoms with Crippen molar-refractivity contribution in [1.29, 1.82) is 0 Å². The molecule has 5 N–H and O–H groups in total. The molecule has 23 heavy (non-hydrogen) atoms. The van der Waals surface area contributed by atoms with Crippen molar-refractivity contribution in [2.24, 2.45) is 5.16 Å². The average Bonchev–Trinajstić information content (AvgIpc) is 2.59. The van der Waals surface area contributed by atoms with Gasteiger partial charge in [-0.25, -0.2) is 0 Å². The lowest BCUT2D eigenvalue weighted by atomic mass is 10.0. The van der Waals surface area contributed by atoms with Crippen LogP contribution in [0.2, 0.25) is 0 Å². The molecule has 1 aromatic carbocycles. The van der Waals surface area contributed by atoms with Gasteiger partial charge in [0, 0.05) is 6.42 Å². The van der Waals surface area contributed by atoms with E-state index in [9.17, 15) is 15.3 Å². The van der Waals surface area contributed by atoms with Crippen molar-refractivity contribution >= 4 is 16.8 Å². The molecule has 0 saturated carbocycles. The number of ether oxygens (including phenoxy) is 1. The molecule has 8 heteroatoms. The molecule has 5 unspecified atom stereocenters. The van der Waals surface area contributed by atoms with Crippen LogP contribution in [-0.2, 0) is 11.2 Å². The highest BCUT2D eigenvalue weighted by atomic mass is 32.2. The number of aliphatic hydroxyl groups excluding tert-OH is 4. The lowest BCUT2D eigenvalue weighted by Crippen LogP contribution is -2.57. The normalized spacial score (nSPS) is 32.0. The predicted molar refractivity (Wildman–Crippen MR) is 85.3 cm³/mol. The molecule has 0 aliphatic carbocycles. The maximum absolute atomic E-state index is 9.98. The van der Waals surface area contributed by atoms with Gasteiger partial charge in [0.2, 0.25) is 0 Å². The molecule has 1 aliphatic heterocycles. The maximum Gasteiger partial charge on any atom is 0.138 e. The topological polar surface area (TPSA) is 123 Å². The van der Waals surface area contributed by atoms with Crippen LogP contribution in [-0.4, -0.2) is 67.1 Å². The molecule has 0 bridgehead atoms. The van der Waals surface area contributed by atoms with Gasteiger partial charge in [-0.05, 0) is 12.0 Å². The lowest BCUT2D eigenvalue weighted by molar-refractivity contribution is -0.205. The first-order chi connectivity index (χ1) is 11.1. The molecule has 1 fully saturated rings. The SMILES string of the molecule is OCC1OC(SC(CCc2ccccc2)=NO)C(O)C(O)C1O. The zero-order valence-corrected chi connectivity index (χ0v) is 13.2. The lowest BCUT2D eigenvalue weighted by Gasteiger charge is -2.39. The Morgan fingerprint density at radius 3 is 2.39 bits per heavy atom. The Morgan fingerprint density at radius 2 is 1.78 bits per heavy atom. The fourth-order valence-electron chi connectivity index (χ4n) is 2.33. The molecule has 2 rings (SSSR count). The summed E-state index contributed by atoms with van der Waals surface area (Å²) in [5, 5.41) is 51.3. The van der Waals surface area contributed by atoms with Crippen LogP contribution in [0.5, 0.6) is 0 Å². The van der Waals surface area contributed by atoms with Crippen LogP contribution in [0.3, 0.4) is 0 Å². The van der Waals surface area contributed by atoms with Crippen molar-refractivity contribution in [3.8, 4) is 0 Å². The van der Waals surface area contributed by atoms with E-state index in [2.05, 4.69) is 5.16 Å². The van der Waals surface area contributed by atoms with Crippen molar-refractivity contribution in [1.82, 2.24) is 0 Å². The Bertz CT molecular complexity index is 512. The third kappa shape index (κ3) is 4.66. The number of hydrogen-bond acceptors (Lipinski definition) is 8. The van der Waals surface area contributed by atoms with Crippen LogP contribution >= 0.6 is 11.8 Å². The molecule has 0 radical (unpaired) electrons. The van der Waals surface area contributed by atoms with E-state index in [0.29, 0.717) is 17.9 Å². The molecule has 0 aromatic heterocycles. The number of rotatable bonds is 5. The predicted octanol–water partition coefficient (Wildman–Crippen LogP) is -0.0600. The fraction of sp³-hybridized carbons (Fsp3) is 0.533. The van der Waals surface area contributed by atoms with Crippen LogP contribution in [0.4, 0.5) is 0 Å². The second kappa shape index (κ2) is 8.62. The molecule has 1 aliphatic rings. The zero-order chi connectivity index (χ0) is 16.8. The van der Waals surface area contributed by atoms with Crippen molar-refractivity contribution in [3.05, 3.63) is 35.9 Å². The smallest absolute Gasteiger partial charge is 0.138 e. The fourth-order valence-corrected chi connectivity index (χ4v) is 3.36. The van der Waals surface area contributed by atoms with E-state index in [1.54, 1.807) is 0 Å². The molecular formula is C15H21NO6S. The Balaban J connectivity index is 1.95. The van der Waals surface area contributed by atoms with Gasteiger partial charge in [0.15, 0.2) is 0 Å².